The van der Waals surface area contributed by atoms with Gasteiger partial charge in [-0.15, -0.1) is 0 Å². The van der Waals surface area contributed by atoms with Gasteiger partial charge in [0, 0.05) is 47.9 Å². The molecule has 3 unspecified atom stereocenters. The second-order valence-corrected chi connectivity index (χ2v) is 21.7. The molecular weight excluding hydrogens is 877 g/mol. The molecule has 7 N–H and O–H groups in total. The van der Waals surface area contributed by atoms with Gasteiger partial charge in [-0.2, -0.15) is 11.8 Å². The van der Waals surface area contributed by atoms with Crippen LogP contribution in [0, 0.1) is 22.7 Å². The number of amides is 4. The van der Waals surface area contributed by atoms with Crippen molar-refractivity contribution in [2.45, 2.75) is 157 Å². The fraction of sp³-hybridized carbons (Fsp3) is 0.809. The molecule has 4 aliphatic heterocycles. The standard InChI is InChI=1S/C47H70N4O14S/c1-27-24-35(63-39(54)28(27)2)44(5,57)46(59)15-14-45(58)30-25-36-47(65-36)34(11-10-33(52)43(47,4)29(30)12-13-42(45,46)3)64-41(56)49-17-19-61-21-23-62-22-20-60-18-16-48-37(53)9-7-6-8-32-38-31(26-66-32)50-40(55)51-38/h10-11,29-32,34-36,38,57-59H,6-9,12-26H2,1-5H3,(H,48,53)(H,49,56)(H2,50,51,55)/t29-,30+,31?,32?,34-,35+,36+,38?,42-,43-,44-,45+,46-,47+/m0/s1. The number of fused-ring (bicyclic) bond motifs is 5. The Labute approximate surface area is 390 Å². The lowest BCUT2D eigenvalue weighted by atomic mass is 9.42. The fourth-order valence-electron chi connectivity index (χ4n) is 13.1. The predicted molar refractivity (Wildman–Crippen MR) is 239 cm³/mol. The monoisotopic (exact) mass is 946 g/mol. The van der Waals surface area contributed by atoms with Crippen LogP contribution in [0.3, 0.4) is 0 Å². The van der Waals surface area contributed by atoms with E-state index in [2.05, 4.69) is 21.3 Å². The van der Waals surface area contributed by atoms with Gasteiger partial charge in [-0.1, -0.05) is 18.9 Å². The Bertz CT molecular complexity index is 1970. The summed E-state index contributed by atoms with van der Waals surface area (Å²) < 4.78 is 34.8. The number of epoxide rings is 1. The molecule has 66 heavy (non-hydrogen) atoms. The Kier molecular flexibility index (Phi) is 14.1. The van der Waals surface area contributed by atoms with Gasteiger partial charge in [0.25, 0.3) is 0 Å². The maximum absolute atomic E-state index is 14.0. The Balaban J connectivity index is 0.714. The molecule has 4 aliphatic carbocycles. The van der Waals surface area contributed by atoms with Crippen LogP contribution in [0.5, 0.6) is 0 Å². The summed E-state index contributed by atoms with van der Waals surface area (Å²) in [6.07, 6.45) is 4.77. The van der Waals surface area contributed by atoms with Gasteiger partial charge < -0.3 is 65.0 Å². The number of nitrogens with one attached hydrogen (secondary N) is 4. The van der Waals surface area contributed by atoms with Crippen molar-refractivity contribution in [1.29, 1.82) is 0 Å². The van der Waals surface area contributed by atoms with Crippen LogP contribution in [0.15, 0.2) is 23.3 Å². The Morgan fingerprint density at radius 2 is 1.64 bits per heavy atom. The minimum absolute atomic E-state index is 0.00102. The van der Waals surface area contributed by atoms with E-state index in [-0.39, 0.29) is 74.6 Å². The third-order valence-electron chi connectivity index (χ3n) is 17.2. The van der Waals surface area contributed by atoms with Gasteiger partial charge in [0.05, 0.1) is 68.8 Å². The Morgan fingerprint density at radius 3 is 2.35 bits per heavy atom. The minimum atomic E-state index is -1.89. The van der Waals surface area contributed by atoms with Gasteiger partial charge in [0.2, 0.25) is 5.91 Å². The van der Waals surface area contributed by atoms with Crippen molar-refractivity contribution >= 4 is 41.5 Å². The second kappa shape index (κ2) is 18.9. The summed E-state index contributed by atoms with van der Waals surface area (Å²) in [6.45, 7) is 11.2. The van der Waals surface area contributed by atoms with E-state index >= 15 is 0 Å². The number of alkyl carbamates (subject to hydrolysis) is 1. The summed E-state index contributed by atoms with van der Waals surface area (Å²) in [5.74, 6) is -0.612. The number of unbranched alkanes of at least 4 members (excludes halogenated alkanes) is 1. The largest absolute Gasteiger partial charge is 0.455 e. The van der Waals surface area contributed by atoms with Crippen LogP contribution in [-0.4, -0.2) is 162 Å². The van der Waals surface area contributed by atoms with Crippen molar-refractivity contribution in [3.05, 3.63) is 23.3 Å². The molecule has 3 saturated carbocycles. The summed E-state index contributed by atoms with van der Waals surface area (Å²) in [5, 5.41) is 49.6. The predicted octanol–water partition coefficient (Wildman–Crippen LogP) is 2.35. The number of rotatable bonds is 20. The van der Waals surface area contributed by atoms with E-state index in [1.54, 1.807) is 13.0 Å². The topological polar surface area (TPSA) is 253 Å². The van der Waals surface area contributed by atoms with E-state index in [1.807, 2.05) is 32.5 Å². The first-order chi connectivity index (χ1) is 31.3. The van der Waals surface area contributed by atoms with E-state index in [1.165, 1.54) is 13.0 Å². The van der Waals surface area contributed by atoms with Crippen molar-refractivity contribution in [2.24, 2.45) is 22.7 Å². The zero-order valence-corrected chi connectivity index (χ0v) is 39.8. The number of ether oxygens (including phenoxy) is 6. The lowest BCUT2D eigenvalue weighted by Gasteiger charge is -2.63. The Morgan fingerprint density at radius 1 is 0.939 bits per heavy atom. The quantitative estimate of drug-likeness (QED) is 0.0401. The van der Waals surface area contributed by atoms with Gasteiger partial charge >= 0.3 is 18.1 Å². The van der Waals surface area contributed by atoms with Crippen LogP contribution < -0.4 is 21.3 Å². The third kappa shape index (κ3) is 8.27. The summed E-state index contributed by atoms with van der Waals surface area (Å²) in [5.41, 5.74) is -7.39. The third-order valence-corrected chi connectivity index (χ3v) is 18.7. The molecule has 14 atom stereocenters. The van der Waals surface area contributed by atoms with Crippen molar-refractivity contribution in [3.63, 3.8) is 0 Å². The number of allylic oxidation sites excluding steroid dienone is 1. The normalized spacial score (nSPS) is 40.5. The molecule has 8 aliphatic rings. The SMILES string of the molecule is CC1=C(C)C(=O)O[C@@H]([C@](C)(O)[C@]2(O)CC[C@@]3(O)[C@@H]4C[C@H]5O[C@]56[C@@H](OC(=O)NCCOCCOCCOCCNC(=O)CCCCC5SCC7NC(=O)NC75)C=CC(=O)[C@]6(C)[C@H]4CC[C@]23C)C1. The highest BCUT2D eigenvalue weighted by Crippen LogP contribution is 2.75. The molecule has 0 aromatic carbocycles. The minimum Gasteiger partial charge on any atom is -0.455 e. The van der Waals surface area contributed by atoms with Crippen LogP contribution in [0.2, 0.25) is 0 Å². The van der Waals surface area contributed by atoms with Crippen LogP contribution in [-0.2, 0) is 42.8 Å². The number of carbonyl (C=O) groups excluding carboxylic acids is 5. The molecule has 0 radical (unpaired) electrons. The number of thioether (sulfide) groups is 1. The number of hydrogen-bond donors (Lipinski definition) is 7. The average molecular weight is 947 g/mol. The summed E-state index contributed by atoms with van der Waals surface area (Å²) in [4.78, 5) is 63.6. The maximum atomic E-state index is 14.0. The van der Waals surface area contributed by atoms with Crippen LogP contribution in [0.25, 0.3) is 0 Å². The van der Waals surface area contributed by atoms with E-state index in [9.17, 15) is 39.3 Å². The van der Waals surface area contributed by atoms with Crippen LogP contribution >= 0.6 is 11.8 Å². The number of ketones is 1. The molecule has 8 rings (SSSR count). The number of carbonyl (C=O) groups is 5. The molecule has 4 heterocycles. The molecule has 1 spiro atoms. The zero-order valence-electron chi connectivity index (χ0n) is 38.9. The number of cyclic esters (lactones) is 1. The summed E-state index contributed by atoms with van der Waals surface area (Å²) in [7, 11) is 0. The van der Waals surface area contributed by atoms with Gasteiger partial charge in [-0.3, -0.25) is 9.59 Å². The van der Waals surface area contributed by atoms with Crippen molar-refractivity contribution in [2.75, 3.05) is 58.5 Å². The molecule has 0 aromatic rings. The maximum Gasteiger partial charge on any atom is 0.407 e. The molecule has 3 saturated heterocycles. The van der Waals surface area contributed by atoms with E-state index < -0.39 is 69.5 Å². The van der Waals surface area contributed by atoms with Gasteiger partial charge in [0.1, 0.15) is 22.9 Å². The molecule has 19 heteroatoms. The second-order valence-electron chi connectivity index (χ2n) is 20.4. The van der Waals surface area contributed by atoms with Crippen molar-refractivity contribution in [1.82, 2.24) is 21.3 Å². The molecule has 18 nitrogen and oxygen atoms in total. The highest BCUT2D eigenvalue weighted by atomic mass is 32.2. The number of hydrogen-bond acceptors (Lipinski definition) is 15. The first kappa shape index (κ1) is 49.1. The molecule has 4 amide bonds. The van der Waals surface area contributed by atoms with E-state index in [0.29, 0.717) is 69.7 Å². The number of urea groups is 1. The van der Waals surface area contributed by atoms with E-state index in [4.69, 9.17) is 28.4 Å². The molecule has 368 valence electrons. The molecule has 0 aromatic heterocycles. The van der Waals surface area contributed by atoms with Gasteiger partial charge in [-0.25, -0.2) is 14.4 Å². The number of aliphatic hydroxyl groups is 3. The first-order valence-corrected chi connectivity index (χ1v) is 25.0. The van der Waals surface area contributed by atoms with Gasteiger partial charge in [0.15, 0.2) is 11.9 Å². The average Bonchev–Trinajstić information content (AvgIpc) is 3.63. The van der Waals surface area contributed by atoms with Gasteiger partial charge in [-0.05, 0) is 96.6 Å². The van der Waals surface area contributed by atoms with Crippen molar-refractivity contribution in [3.8, 4) is 0 Å². The highest BCUT2D eigenvalue weighted by molar-refractivity contribution is 8.00. The first-order valence-electron chi connectivity index (χ1n) is 23.9. The molecular formula is C47H70N4O14S. The smallest absolute Gasteiger partial charge is 0.407 e. The highest BCUT2D eigenvalue weighted by Gasteiger charge is 2.85. The number of esters is 1. The lowest BCUT2D eigenvalue weighted by Crippen LogP contribution is -2.73. The Hall–Kier alpha value is -3.30. The fourth-order valence-corrected chi connectivity index (χ4v) is 14.6. The molecule has 0 bridgehead atoms. The molecule has 6 fully saturated rings. The van der Waals surface area contributed by atoms with Crippen molar-refractivity contribution < 1.29 is 67.7 Å². The zero-order chi connectivity index (χ0) is 47.3. The van der Waals surface area contributed by atoms with Crippen LogP contribution in [0.1, 0.15) is 98.8 Å². The summed E-state index contributed by atoms with van der Waals surface area (Å²) >= 11 is 1.88. The summed E-state index contributed by atoms with van der Waals surface area (Å²) in [6, 6.07) is 0.320. The van der Waals surface area contributed by atoms with Crippen LogP contribution in [0.4, 0.5) is 9.59 Å². The lowest BCUT2D eigenvalue weighted by molar-refractivity contribution is -0.283. The van der Waals surface area contributed by atoms with E-state index in [0.717, 1.165) is 30.6 Å².